The molecule has 1 heterocycles. The molecule has 106 valence electrons. The van der Waals surface area contributed by atoms with Crippen molar-refractivity contribution in [1.29, 1.82) is 0 Å². The normalized spacial score (nSPS) is 10.8. The second kappa shape index (κ2) is 6.91. The number of nitrogens with zero attached hydrogens (tertiary/aromatic N) is 1. The van der Waals surface area contributed by atoms with Crippen LogP contribution in [-0.4, -0.2) is 9.97 Å². The van der Waals surface area contributed by atoms with Crippen LogP contribution in [0.4, 0.5) is 0 Å². The third-order valence-electron chi connectivity index (χ3n) is 2.82. The maximum Gasteiger partial charge on any atom is 0.264 e. The fourth-order valence-electron chi connectivity index (χ4n) is 1.89. The third-order valence-corrected chi connectivity index (χ3v) is 4.67. The predicted octanol–water partition coefficient (Wildman–Crippen LogP) is 4.22. The maximum absolute atomic E-state index is 11.9. The molecule has 0 bridgehead atoms. The molecule has 0 unspecified atom stereocenters. The lowest BCUT2D eigenvalue weighted by Gasteiger charge is -2.07. The van der Waals surface area contributed by atoms with Gasteiger partial charge in [0.05, 0.1) is 19.3 Å². The van der Waals surface area contributed by atoms with Gasteiger partial charge in [0.25, 0.3) is 5.56 Å². The van der Waals surface area contributed by atoms with Crippen molar-refractivity contribution in [2.24, 2.45) is 0 Å². The molecule has 6 heteroatoms. The molecule has 0 amide bonds. The van der Waals surface area contributed by atoms with Gasteiger partial charge in [-0.25, -0.2) is 4.98 Å². The van der Waals surface area contributed by atoms with Crippen molar-refractivity contribution in [3.05, 3.63) is 59.3 Å². The molecule has 1 aromatic heterocycles. The summed E-state index contributed by atoms with van der Waals surface area (Å²) in [6.07, 6.45) is 2.29. The summed E-state index contributed by atoms with van der Waals surface area (Å²) in [6.45, 7) is 2.07. The summed E-state index contributed by atoms with van der Waals surface area (Å²) >= 11 is 13.9. The number of aromatic nitrogens is 2. The van der Waals surface area contributed by atoms with E-state index in [-0.39, 0.29) is 5.56 Å². The van der Waals surface area contributed by atoms with Crippen LogP contribution in [0.3, 0.4) is 0 Å². The van der Waals surface area contributed by atoms with Gasteiger partial charge in [0.1, 0.15) is 5.82 Å². The van der Waals surface area contributed by atoms with Crippen LogP contribution in [0.2, 0.25) is 10.0 Å². The van der Waals surface area contributed by atoms with Gasteiger partial charge in [-0.3, -0.25) is 4.79 Å². The molecule has 0 fully saturated rings. The first-order chi connectivity index (χ1) is 9.51. The molecule has 0 saturated carbocycles. The molecule has 20 heavy (non-hydrogen) atoms. The fraction of sp³-hybridized carbons (Fsp3) is 0.286. The van der Waals surface area contributed by atoms with Gasteiger partial charge in [-0.1, -0.05) is 42.6 Å². The van der Waals surface area contributed by atoms with Crippen molar-refractivity contribution in [2.45, 2.75) is 26.2 Å². The molecule has 0 saturated heterocycles. The zero-order chi connectivity index (χ0) is 14.7. The molecule has 2 aromatic rings. The first kappa shape index (κ1) is 15.8. The fourth-order valence-corrected chi connectivity index (χ4v) is 2.73. The Labute approximate surface area is 140 Å². The van der Waals surface area contributed by atoms with Crippen LogP contribution < -0.4 is 5.56 Å². The smallest absolute Gasteiger partial charge is 0.264 e. The SMILES string of the molecule is CCCc1nc(Cc2ccc(Cl)c(Cl)c2)[nH]c(=O)c1I. The van der Waals surface area contributed by atoms with Crippen LogP contribution >= 0.6 is 45.8 Å². The van der Waals surface area contributed by atoms with E-state index in [4.69, 9.17) is 23.2 Å². The lowest BCUT2D eigenvalue weighted by atomic mass is 10.1. The molecule has 0 aliphatic carbocycles. The Bertz CT molecular complexity index is 685. The Balaban J connectivity index is 2.33. The lowest BCUT2D eigenvalue weighted by molar-refractivity contribution is 0.822. The van der Waals surface area contributed by atoms with Crippen molar-refractivity contribution in [3.8, 4) is 0 Å². The number of halogens is 3. The minimum Gasteiger partial charge on any atom is -0.309 e. The average molecular weight is 423 g/mol. The number of hydrogen-bond donors (Lipinski definition) is 1. The van der Waals surface area contributed by atoms with E-state index in [2.05, 4.69) is 16.9 Å². The highest BCUT2D eigenvalue weighted by molar-refractivity contribution is 14.1. The Morgan fingerprint density at radius 3 is 2.70 bits per heavy atom. The Morgan fingerprint density at radius 1 is 1.30 bits per heavy atom. The standard InChI is InChI=1S/C14H13Cl2IN2O/c1-2-3-11-13(17)14(20)19-12(18-11)7-8-4-5-9(15)10(16)6-8/h4-6H,2-3,7H2,1H3,(H,18,19,20). The molecular formula is C14H13Cl2IN2O. The van der Waals surface area contributed by atoms with E-state index in [1.165, 1.54) is 0 Å². The molecule has 2 rings (SSSR count). The topological polar surface area (TPSA) is 45.8 Å². The van der Waals surface area contributed by atoms with Crippen molar-refractivity contribution in [1.82, 2.24) is 9.97 Å². The highest BCUT2D eigenvalue weighted by Crippen LogP contribution is 2.23. The van der Waals surface area contributed by atoms with Gasteiger partial charge < -0.3 is 4.98 Å². The molecule has 0 aliphatic rings. The molecular weight excluding hydrogens is 410 g/mol. The van der Waals surface area contributed by atoms with Crippen LogP contribution in [0, 0.1) is 3.57 Å². The summed E-state index contributed by atoms with van der Waals surface area (Å²) in [4.78, 5) is 19.2. The second-order valence-electron chi connectivity index (χ2n) is 4.45. The molecule has 0 atom stereocenters. The van der Waals surface area contributed by atoms with E-state index in [9.17, 15) is 4.79 Å². The zero-order valence-corrected chi connectivity index (χ0v) is 14.5. The number of rotatable bonds is 4. The number of hydrogen-bond acceptors (Lipinski definition) is 2. The minimum absolute atomic E-state index is 0.0842. The molecule has 0 spiro atoms. The van der Waals surface area contributed by atoms with Crippen LogP contribution in [-0.2, 0) is 12.8 Å². The van der Waals surface area contributed by atoms with E-state index in [0.29, 0.717) is 25.9 Å². The van der Waals surface area contributed by atoms with E-state index in [1.807, 2.05) is 28.7 Å². The molecule has 0 radical (unpaired) electrons. The Morgan fingerprint density at radius 2 is 2.05 bits per heavy atom. The van der Waals surface area contributed by atoms with Crippen molar-refractivity contribution in [2.75, 3.05) is 0 Å². The summed E-state index contributed by atoms with van der Waals surface area (Å²) in [6, 6.07) is 5.42. The van der Waals surface area contributed by atoms with Crippen molar-refractivity contribution < 1.29 is 0 Å². The summed E-state index contributed by atoms with van der Waals surface area (Å²) in [5.74, 6) is 0.650. The predicted molar refractivity (Wildman–Crippen MR) is 90.8 cm³/mol. The van der Waals surface area contributed by atoms with Crippen LogP contribution in [0.15, 0.2) is 23.0 Å². The average Bonchev–Trinajstić information content (AvgIpc) is 2.40. The largest absolute Gasteiger partial charge is 0.309 e. The van der Waals surface area contributed by atoms with Crippen LogP contribution in [0.5, 0.6) is 0 Å². The van der Waals surface area contributed by atoms with Gasteiger partial charge in [-0.2, -0.15) is 0 Å². The summed E-state index contributed by atoms with van der Waals surface area (Å²) < 4.78 is 0.669. The minimum atomic E-state index is -0.0842. The molecule has 1 N–H and O–H groups in total. The van der Waals surface area contributed by atoms with Crippen LogP contribution in [0.25, 0.3) is 0 Å². The Hall–Kier alpha value is -0.590. The van der Waals surface area contributed by atoms with Gasteiger partial charge in [0.15, 0.2) is 0 Å². The lowest BCUT2D eigenvalue weighted by Crippen LogP contribution is -2.18. The summed E-state index contributed by atoms with van der Waals surface area (Å²) in [7, 11) is 0. The van der Waals surface area contributed by atoms with Crippen molar-refractivity contribution >= 4 is 45.8 Å². The van der Waals surface area contributed by atoms with Crippen molar-refractivity contribution in [3.63, 3.8) is 0 Å². The van der Waals surface area contributed by atoms with Crippen LogP contribution in [0.1, 0.15) is 30.4 Å². The number of aromatic amines is 1. The number of nitrogens with one attached hydrogen (secondary N) is 1. The number of benzene rings is 1. The van der Waals surface area contributed by atoms with Gasteiger partial charge in [-0.05, 0) is 46.7 Å². The van der Waals surface area contributed by atoms with Gasteiger partial charge >= 0.3 is 0 Å². The van der Waals surface area contributed by atoms with E-state index in [0.717, 1.165) is 24.1 Å². The Kier molecular flexibility index (Phi) is 5.46. The first-order valence-corrected chi connectivity index (χ1v) is 8.06. The molecule has 1 aromatic carbocycles. The number of H-pyrrole nitrogens is 1. The van der Waals surface area contributed by atoms with Gasteiger partial charge in [-0.15, -0.1) is 0 Å². The van der Waals surface area contributed by atoms with Gasteiger partial charge in [0, 0.05) is 6.42 Å². The van der Waals surface area contributed by atoms with E-state index in [1.54, 1.807) is 12.1 Å². The monoisotopic (exact) mass is 422 g/mol. The molecule has 3 nitrogen and oxygen atoms in total. The zero-order valence-electron chi connectivity index (χ0n) is 10.8. The van der Waals surface area contributed by atoms with E-state index < -0.39 is 0 Å². The number of aryl methyl sites for hydroxylation is 1. The van der Waals surface area contributed by atoms with E-state index >= 15 is 0 Å². The summed E-state index contributed by atoms with van der Waals surface area (Å²) in [5, 5.41) is 1.02. The highest BCUT2D eigenvalue weighted by atomic mass is 127. The molecule has 0 aliphatic heterocycles. The third kappa shape index (κ3) is 3.74. The first-order valence-electron chi connectivity index (χ1n) is 6.22. The maximum atomic E-state index is 11.9. The van der Waals surface area contributed by atoms with Gasteiger partial charge in [0.2, 0.25) is 0 Å². The highest BCUT2D eigenvalue weighted by Gasteiger charge is 2.09. The second-order valence-corrected chi connectivity index (χ2v) is 6.34. The summed E-state index contributed by atoms with van der Waals surface area (Å²) in [5.41, 5.74) is 1.73. The quantitative estimate of drug-likeness (QED) is 0.749.